The molecule has 274 valence electrons. The Morgan fingerprint density at radius 1 is 0.750 bits per heavy atom. The number of hydrogen-bond donors (Lipinski definition) is 4. The van der Waals surface area contributed by atoms with Crippen LogP contribution in [0.4, 0.5) is 23.5 Å². The van der Waals surface area contributed by atoms with Crippen molar-refractivity contribution in [2.45, 2.75) is 39.5 Å². The van der Waals surface area contributed by atoms with Crippen molar-refractivity contribution in [1.29, 1.82) is 0 Å². The first-order valence-electron chi connectivity index (χ1n) is 16.1. The number of methoxy groups -OCH3 is 2. The lowest BCUT2D eigenvalue weighted by Crippen LogP contribution is -2.07. The van der Waals surface area contributed by atoms with Crippen molar-refractivity contribution in [3.8, 4) is 45.8 Å². The Hall–Kier alpha value is -6.58. The van der Waals surface area contributed by atoms with E-state index in [-0.39, 0.29) is 46.9 Å². The molecule has 0 aliphatic heterocycles. The number of nitrogen functional groups attached to an aromatic ring is 4. The molecule has 3 aromatic heterocycles. The topological polar surface area (TPSA) is 239 Å². The standard InChI is InChI=1S/C19H25N5O3.C17H19N5O3/c1-11(2)12-8-15(26-5)13(14(25)6-7-24(3)4)9-16(12)27-17-10-22-19(21)23-18(17)20;1-9(2)10-6-13(23-3)11(12-4-5-21-25-12)7-14(10)24-15-8-20-17(19)22-16(15)18/h6-11H,1-5H3,(H4,20,21,22,23);4-9H,1-3H3,(H4,18,19,20,22)/b7-6+;. The molecule has 0 bridgehead atoms. The molecule has 52 heavy (non-hydrogen) atoms. The molecular formula is C36H44N10O6. The quantitative estimate of drug-likeness (QED) is 0.0851. The van der Waals surface area contributed by atoms with Gasteiger partial charge >= 0.3 is 0 Å². The molecule has 3 heterocycles. The van der Waals surface area contributed by atoms with Crippen LogP contribution in [0.2, 0.25) is 0 Å². The van der Waals surface area contributed by atoms with Crippen molar-refractivity contribution in [1.82, 2.24) is 30.0 Å². The zero-order valence-electron chi connectivity index (χ0n) is 30.4. The second-order valence-corrected chi connectivity index (χ2v) is 12.2. The smallest absolute Gasteiger partial charge is 0.222 e. The summed E-state index contributed by atoms with van der Waals surface area (Å²) in [6, 6.07) is 8.92. The first-order chi connectivity index (χ1) is 24.7. The van der Waals surface area contributed by atoms with E-state index in [4.69, 9.17) is 46.4 Å². The molecule has 16 nitrogen and oxygen atoms in total. The Kier molecular flexibility index (Phi) is 12.4. The molecule has 0 saturated carbocycles. The highest BCUT2D eigenvalue weighted by molar-refractivity contribution is 6.07. The average Bonchev–Trinajstić information content (AvgIpc) is 3.64. The number of ether oxygens (including phenoxy) is 4. The van der Waals surface area contributed by atoms with E-state index in [0.717, 1.165) is 11.1 Å². The number of nitrogens with zero attached hydrogens (tertiary/aromatic N) is 6. The molecule has 0 amide bonds. The first kappa shape index (κ1) is 38.2. The van der Waals surface area contributed by atoms with Gasteiger partial charge in [-0.15, -0.1) is 0 Å². The Balaban J connectivity index is 0.000000233. The minimum atomic E-state index is -0.206. The van der Waals surface area contributed by atoms with Gasteiger partial charge in [-0.25, -0.2) is 9.97 Å². The fourth-order valence-corrected chi connectivity index (χ4v) is 4.81. The Morgan fingerprint density at radius 3 is 1.71 bits per heavy atom. The third-order valence-corrected chi connectivity index (χ3v) is 7.44. The van der Waals surface area contributed by atoms with Crippen molar-refractivity contribution < 1.29 is 28.3 Å². The van der Waals surface area contributed by atoms with Crippen LogP contribution < -0.4 is 41.9 Å². The fraction of sp³-hybridized carbons (Fsp3) is 0.278. The van der Waals surface area contributed by atoms with Crippen LogP contribution in [-0.4, -0.2) is 64.1 Å². The van der Waals surface area contributed by atoms with Crippen LogP contribution in [0.1, 0.15) is 61.0 Å². The largest absolute Gasteiger partial charge is 0.496 e. The van der Waals surface area contributed by atoms with E-state index in [9.17, 15) is 4.79 Å². The number of carbonyl (C=O) groups is 1. The monoisotopic (exact) mass is 712 g/mol. The average molecular weight is 713 g/mol. The van der Waals surface area contributed by atoms with Gasteiger partial charge in [0, 0.05) is 43.6 Å². The summed E-state index contributed by atoms with van der Waals surface area (Å²) in [5.41, 5.74) is 25.7. The van der Waals surface area contributed by atoms with Crippen LogP contribution in [0.25, 0.3) is 11.3 Å². The van der Waals surface area contributed by atoms with Gasteiger partial charge in [0.1, 0.15) is 23.0 Å². The first-order valence-corrected chi connectivity index (χ1v) is 16.1. The van der Waals surface area contributed by atoms with Gasteiger partial charge in [0.25, 0.3) is 0 Å². The number of allylic oxidation sites excluding steroid dienone is 1. The number of ketones is 1. The second kappa shape index (κ2) is 16.9. The van der Waals surface area contributed by atoms with E-state index in [2.05, 4.69) is 38.9 Å². The van der Waals surface area contributed by atoms with E-state index < -0.39 is 0 Å². The maximum absolute atomic E-state index is 12.6. The molecular weight excluding hydrogens is 668 g/mol. The van der Waals surface area contributed by atoms with E-state index in [1.54, 1.807) is 42.6 Å². The van der Waals surface area contributed by atoms with Gasteiger partial charge < -0.3 is 51.3 Å². The summed E-state index contributed by atoms with van der Waals surface area (Å²) in [5.74, 6) is 3.89. The molecule has 8 N–H and O–H groups in total. The van der Waals surface area contributed by atoms with Gasteiger partial charge in [-0.2, -0.15) is 9.97 Å². The normalized spacial score (nSPS) is 11.0. The summed E-state index contributed by atoms with van der Waals surface area (Å²) in [5, 5.41) is 3.74. The third-order valence-electron chi connectivity index (χ3n) is 7.44. The molecule has 0 atom stereocenters. The number of nitrogens with two attached hydrogens (primary N) is 4. The minimum absolute atomic E-state index is 0.0587. The number of anilines is 4. The molecule has 0 unspecified atom stereocenters. The predicted molar refractivity (Wildman–Crippen MR) is 199 cm³/mol. The molecule has 2 aromatic carbocycles. The van der Waals surface area contributed by atoms with Gasteiger partial charge in [-0.1, -0.05) is 32.9 Å². The molecule has 0 radical (unpaired) electrons. The number of rotatable bonds is 12. The van der Waals surface area contributed by atoms with Crippen molar-refractivity contribution >= 4 is 29.3 Å². The van der Waals surface area contributed by atoms with Gasteiger partial charge in [-0.3, -0.25) is 4.79 Å². The van der Waals surface area contributed by atoms with E-state index >= 15 is 0 Å². The molecule has 16 heteroatoms. The highest BCUT2D eigenvalue weighted by atomic mass is 16.5. The third kappa shape index (κ3) is 9.35. The number of aromatic nitrogens is 5. The highest BCUT2D eigenvalue weighted by Crippen LogP contribution is 2.41. The van der Waals surface area contributed by atoms with Gasteiger partial charge in [0.2, 0.25) is 11.9 Å². The fourth-order valence-electron chi connectivity index (χ4n) is 4.81. The molecule has 0 fully saturated rings. The maximum Gasteiger partial charge on any atom is 0.222 e. The van der Waals surface area contributed by atoms with Crippen LogP contribution >= 0.6 is 0 Å². The maximum atomic E-state index is 12.6. The van der Waals surface area contributed by atoms with Crippen molar-refractivity contribution in [2.24, 2.45) is 0 Å². The number of carbonyl (C=O) groups excluding carboxylic acids is 1. The van der Waals surface area contributed by atoms with Crippen LogP contribution in [0.3, 0.4) is 0 Å². The van der Waals surface area contributed by atoms with Crippen LogP contribution in [0.15, 0.2) is 65.7 Å². The minimum Gasteiger partial charge on any atom is -0.496 e. The Labute approximate surface area is 301 Å². The number of benzene rings is 2. The lowest BCUT2D eigenvalue weighted by atomic mass is 9.97. The zero-order chi connectivity index (χ0) is 38.1. The van der Waals surface area contributed by atoms with Gasteiger partial charge in [0.15, 0.2) is 34.7 Å². The SMILES string of the molecule is COc1cc(C(C)C)c(Oc2cnc(N)nc2N)cc1-c1ccno1.COc1cc(C(C)C)c(Oc2cnc(N)nc2N)cc1C(=O)/C=C/N(C)C. The lowest BCUT2D eigenvalue weighted by Gasteiger charge is -2.18. The van der Waals surface area contributed by atoms with E-state index in [1.807, 2.05) is 40.1 Å². The van der Waals surface area contributed by atoms with Crippen molar-refractivity contribution in [2.75, 3.05) is 51.2 Å². The molecule has 0 aliphatic carbocycles. The van der Waals surface area contributed by atoms with Crippen LogP contribution in [0, 0.1) is 0 Å². The molecule has 5 aromatic rings. The second-order valence-electron chi connectivity index (χ2n) is 12.2. The van der Waals surface area contributed by atoms with Crippen LogP contribution in [-0.2, 0) is 0 Å². The van der Waals surface area contributed by atoms with Crippen molar-refractivity contribution in [3.63, 3.8) is 0 Å². The summed E-state index contributed by atoms with van der Waals surface area (Å²) < 4.78 is 28.1. The summed E-state index contributed by atoms with van der Waals surface area (Å²) >= 11 is 0. The van der Waals surface area contributed by atoms with Crippen LogP contribution in [0.5, 0.6) is 34.5 Å². The predicted octanol–water partition coefficient (Wildman–Crippen LogP) is 6.04. The summed E-state index contributed by atoms with van der Waals surface area (Å²) in [6.07, 6.45) is 7.55. The Bertz CT molecular complexity index is 2030. The van der Waals surface area contributed by atoms with Gasteiger partial charge in [-0.05, 0) is 36.1 Å². The molecule has 0 aliphatic rings. The molecule has 0 saturated heterocycles. The zero-order valence-corrected chi connectivity index (χ0v) is 30.4. The molecule has 0 spiro atoms. The Morgan fingerprint density at radius 2 is 1.27 bits per heavy atom. The van der Waals surface area contributed by atoms with Gasteiger partial charge in [0.05, 0.1) is 43.9 Å². The summed E-state index contributed by atoms with van der Waals surface area (Å²) in [7, 11) is 6.80. The summed E-state index contributed by atoms with van der Waals surface area (Å²) in [4.78, 5) is 30.0. The number of hydrogen-bond acceptors (Lipinski definition) is 16. The molecule has 5 rings (SSSR count). The highest BCUT2D eigenvalue weighted by Gasteiger charge is 2.21. The van der Waals surface area contributed by atoms with Crippen molar-refractivity contribution in [3.05, 3.63) is 77.9 Å². The lowest BCUT2D eigenvalue weighted by molar-refractivity contribution is 0.104. The van der Waals surface area contributed by atoms with E-state index in [0.29, 0.717) is 45.6 Å². The van der Waals surface area contributed by atoms with E-state index in [1.165, 1.54) is 25.6 Å². The summed E-state index contributed by atoms with van der Waals surface area (Å²) in [6.45, 7) is 8.13.